The molecule has 0 spiro atoms. The van der Waals surface area contributed by atoms with Gasteiger partial charge in [-0.3, -0.25) is 19.2 Å². The second-order valence-electron chi connectivity index (χ2n) is 8.93. The minimum atomic E-state index is -1.24. The van der Waals surface area contributed by atoms with Crippen LogP contribution in [-0.4, -0.2) is 84.5 Å². The van der Waals surface area contributed by atoms with Crippen molar-refractivity contribution in [3.63, 3.8) is 0 Å². The third kappa shape index (κ3) is 9.07. The zero-order valence-electron chi connectivity index (χ0n) is 21.6. The van der Waals surface area contributed by atoms with Gasteiger partial charge in [-0.05, 0) is 55.4 Å². The summed E-state index contributed by atoms with van der Waals surface area (Å²) in [6.07, 6.45) is 1.65. The van der Waals surface area contributed by atoms with Gasteiger partial charge in [-0.2, -0.15) is 0 Å². The van der Waals surface area contributed by atoms with Crippen molar-refractivity contribution in [1.82, 2.24) is 9.80 Å². The molecule has 0 heterocycles. The highest BCUT2D eigenvalue weighted by atomic mass is 16.5. The van der Waals surface area contributed by atoms with Gasteiger partial charge in [-0.25, -0.2) is 9.59 Å². The zero-order valence-corrected chi connectivity index (χ0v) is 21.6. The SMILES string of the molecule is CCN(CC)C(=O)C(=O)C(C)(C)COC(=O)/C=C/C(=O)OCC(C)(C)C(=O)C(=O)N(CC)CC. The number of Topliss-reactive ketones (excluding diaryl/α,β-unsaturated/α-hetero) is 2. The molecule has 2 amide bonds. The van der Waals surface area contributed by atoms with Crippen molar-refractivity contribution in [2.75, 3.05) is 39.4 Å². The van der Waals surface area contributed by atoms with Gasteiger partial charge in [-0.15, -0.1) is 0 Å². The number of esters is 2. The van der Waals surface area contributed by atoms with Gasteiger partial charge in [0.15, 0.2) is 0 Å². The molecule has 0 aromatic carbocycles. The fraction of sp³-hybridized carbons (Fsp3) is 0.667. The molecule has 0 aliphatic rings. The molecule has 0 bridgehead atoms. The first-order chi connectivity index (χ1) is 15.7. The molecule has 0 aromatic heterocycles. The number of ketones is 2. The van der Waals surface area contributed by atoms with Crippen LogP contribution in [0, 0.1) is 10.8 Å². The summed E-state index contributed by atoms with van der Waals surface area (Å²) in [6, 6.07) is 0. The Bertz CT molecular complexity index is 740. The summed E-state index contributed by atoms with van der Waals surface area (Å²) in [6.45, 7) is 13.8. The highest BCUT2D eigenvalue weighted by Crippen LogP contribution is 2.20. The van der Waals surface area contributed by atoms with E-state index in [-0.39, 0.29) is 13.2 Å². The molecule has 0 fully saturated rings. The number of nitrogens with zero attached hydrogens (tertiary/aromatic N) is 2. The lowest BCUT2D eigenvalue weighted by Gasteiger charge is -2.26. The molecule has 0 N–H and O–H groups in total. The maximum absolute atomic E-state index is 12.4. The van der Waals surface area contributed by atoms with Gasteiger partial charge in [0, 0.05) is 38.3 Å². The van der Waals surface area contributed by atoms with Gasteiger partial charge in [0.1, 0.15) is 13.2 Å². The Morgan fingerprint density at radius 3 is 1.09 bits per heavy atom. The molecular weight excluding hydrogens is 444 g/mol. The van der Waals surface area contributed by atoms with Gasteiger partial charge < -0.3 is 19.3 Å². The van der Waals surface area contributed by atoms with Crippen LogP contribution in [0.4, 0.5) is 0 Å². The molecule has 0 atom stereocenters. The molecule has 0 aliphatic carbocycles. The number of ether oxygens (including phenoxy) is 2. The molecule has 0 saturated carbocycles. The molecular formula is C24H38N2O8. The van der Waals surface area contributed by atoms with E-state index in [1.165, 1.54) is 37.5 Å². The number of hydrogen-bond donors (Lipinski definition) is 0. The van der Waals surface area contributed by atoms with E-state index in [4.69, 9.17) is 9.47 Å². The fourth-order valence-corrected chi connectivity index (χ4v) is 2.75. The number of rotatable bonds is 14. The number of amides is 2. The van der Waals surface area contributed by atoms with Crippen LogP contribution in [0.3, 0.4) is 0 Å². The summed E-state index contributed by atoms with van der Waals surface area (Å²) >= 11 is 0. The van der Waals surface area contributed by atoms with Crippen molar-refractivity contribution < 1.29 is 38.2 Å². The summed E-state index contributed by atoms with van der Waals surface area (Å²) in [4.78, 5) is 76.0. The predicted octanol–water partition coefficient (Wildman–Crippen LogP) is 1.56. The number of hydrogen-bond acceptors (Lipinski definition) is 8. The zero-order chi connectivity index (χ0) is 26.7. The summed E-state index contributed by atoms with van der Waals surface area (Å²) in [5, 5.41) is 0. The summed E-state index contributed by atoms with van der Waals surface area (Å²) in [5.41, 5.74) is -2.49. The van der Waals surface area contributed by atoms with Crippen LogP contribution in [0.5, 0.6) is 0 Å². The van der Waals surface area contributed by atoms with Crippen LogP contribution in [0.15, 0.2) is 12.2 Å². The van der Waals surface area contributed by atoms with E-state index in [2.05, 4.69) is 0 Å². The number of carbonyl (C=O) groups is 6. The van der Waals surface area contributed by atoms with E-state index in [1.807, 2.05) is 0 Å². The second kappa shape index (κ2) is 13.6. The summed E-state index contributed by atoms with van der Waals surface area (Å²) in [7, 11) is 0. The maximum atomic E-state index is 12.4. The summed E-state index contributed by atoms with van der Waals surface area (Å²) in [5.74, 6) is -4.47. The van der Waals surface area contributed by atoms with Gasteiger partial charge in [-0.1, -0.05) is 0 Å². The van der Waals surface area contributed by atoms with E-state index < -0.39 is 46.1 Å². The van der Waals surface area contributed by atoms with Crippen LogP contribution in [0.25, 0.3) is 0 Å². The molecule has 10 heteroatoms. The average molecular weight is 483 g/mol. The molecule has 0 unspecified atom stereocenters. The van der Waals surface area contributed by atoms with Crippen LogP contribution < -0.4 is 0 Å². The molecule has 34 heavy (non-hydrogen) atoms. The Morgan fingerprint density at radius 1 is 0.588 bits per heavy atom. The Hall–Kier alpha value is -3.04. The van der Waals surface area contributed by atoms with Crippen molar-refractivity contribution in [2.24, 2.45) is 10.8 Å². The van der Waals surface area contributed by atoms with Gasteiger partial charge >= 0.3 is 11.9 Å². The third-order valence-corrected chi connectivity index (χ3v) is 5.23. The Labute approximate surface area is 201 Å². The number of likely N-dealkylation sites (N-methyl/N-ethyl adjacent to an activating group) is 2. The third-order valence-electron chi connectivity index (χ3n) is 5.23. The predicted molar refractivity (Wildman–Crippen MR) is 124 cm³/mol. The molecule has 192 valence electrons. The lowest BCUT2D eigenvalue weighted by molar-refractivity contribution is -0.154. The summed E-state index contributed by atoms with van der Waals surface area (Å²) < 4.78 is 10.0. The molecule has 0 rings (SSSR count). The first-order valence-corrected chi connectivity index (χ1v) is 11.4. The van der Waals surface area contributed by atoms with Crippen molar-refractivity contribution in [2.45, 2.75) is 55.4 Å². The number of carbonyl (C=O) groups excluding carboxylic acids is 6. The quantitative estimate of drug-likeness (QED) is 0.207. The molecule has 0 aliphatic heterocycles. The second-order valence-corrected chi connectivity index (χ2v) is 8.93. The molecule has 10 nitrogen and oxygen atoms in total. The smallest absolute Gasteiger partial charge is 0.331 e. The monoisotopic (exact) mass is 482 g/mol. The average Bonchev–Trinajstić information content (AvgIpc) is 2.80. The molecule has 0 radical (unpaired) electrons. The van der Waals surface area contributed by atoms with E-state index in [1.54, 1.807) is 27.7 Å². The minimum Gasteiger partial charge on any atom is -0.461 e. The van der Waals surface area contributed by atoms with Crippen molar-refractivity contribution in [3.8, 4) is 0 Å². The maximum Gasteiger partial charge on any atom is 0.331 e. The molecule has 0 aromatic rings. The highest BCUT2D eigenvalue weighted by molar-refractivity contribution is 6.38. The van der Waals surface area contributed by atoms with Gasteiger partial charge in [0.05, 0.1) is 10.8 Å². The lowest BCUT2D eigenvalue weighted by atomic mass is 9.88. The van der Waals surface area contributed by atoms with Crippen LogP contribution in [0.2, 0.25) is 0 Å². The van der Waals surface area contributed by atoms with E-state index in [9.17, 15) is 28.8 Å². The first-order valence-electron chi connectivity index (χ1n) is 11.4. The van der Waals surface area contributed by atoms with Crippen LogP contribution in [0.1, 0.15) is 55.4 Å². The van der Waals surface area contributed by atoms with Gasteiger partial charge in [0.25, 0.3) is 11.8 Å². The normalized spacial score (nSPS) is 11.6. The van der Waals surface area contributed by atoms with Crippen LogP contribution in [-0.2, 0) is 38.2 Å². The van der Waals surface area contributed by atoms with Gasteiger partial charge in [0.2, 0.25) is 11.6 Å². The Kier molecular flexibility index (Phi) is 12.4. The molecule has 0 saturated heterocycles. The minimum absolute atomic E-state index is 0.355. The van der Waals surface area contributed by atoms with E-state index >= 15 is 0 Å². The highest BCUT2D eigenvalue weighted by Gasteiger charge is 2.37. The van der Waals surface area contributed by atoms with E-state index in [0.717, 1.165) is 12.2 Å². The standard InChI is InChI=1S/C24H38N2O8/c1-9-25(10-2)21(31)19(29)23(5,6)15-33-17(27)13-14-18(28)34-16-24(7,8)20(30)22(32)26(11-3)12-4/h13-14H,9-12,15-16H2,1-8H3/b14-13+. The van der Waals surface area contributed by atoms with Crippen molar-refractivity contribution in [3.05, 3.63) is 12.2 Å². The lowest BCUT2D eigenvalue weighted by Crippen LogP contribution is -2.44. The fourth-order valence-electron chi connectivity index (χ4n) is 2.75. The largest absolute Gasteiger partial charge is 0.461 e. The topological polar surface area (TPSA) is 127 Å². The van der Waals surface area contributed by atoms with Crippen molar-refractivity contribution in [1.29, 1.82) is 0 Å². The Balaban J connectivity index is 4.83. The van der Waals surface area contributed by atoms with E-state index in [0.29, 0.717) is 26.2 Å². The van der Waals surface area contributed by atoms with Crippen LogP contribution >= 0.6 is 0 Å². The Morgan fingerprint density at radius 2 is 0.853 bits per heavy atom. The first kappa shape index (κ1) is 31.0. The van der Waals surface area contributed by atoms with Crippen molar-refractivity contribution >= 4 is 35.3 Å².